The van der Waals surface area contributed by atoms with Gasteiger partial charge in [-0.05, 0) is 54.8 Å². The molecular weight excluding hydrogens is 412 g/mol. The summed E-state index contributed by atoms with van der Waals surface area (Å²) in [5.74, 6) is 0.568. The summed E-state index contributed by atoms with van der Waals surface area (Å²) < 4.78 is 16.8. The number of nitrogens with two attached hydrogens (primary N) is 1. The van der Waals surface area contributed by atoms with Gasteiger partial charge in [-0.2, -0.15) is 5.10 Å². The number of nitrogens with zero attached hydrogens (tertiary/aromatic N) is 1. The van der Waals surface area contributed by atoms with Crippen LogP contribution in [0.2, 0.25) is 0 Å². The number of hydrogen-bond donors (Lipinski definition) is 3. The third-order valence-corrected chi connectivity index (χ3v) is 5.32. The lowest BCUT2D eigenvalue weighted by molar-refractivity contribution is -0.124. The molecule has 0 spiro atoms. The van der Waals surface area contributed by atoms with Gasteiger partial charge in [-0.15, -0.1) is 0 Å². The summed E-state index contributed by atoms with van der Waals surface area (Å²) in [5.41, 5.74) is 8.35. The molecule has 1 aliphatic heterocycles. The van der Waals surface area contributed by atoms with E-state index >= 15 is 0 Å². The first kappa shape index (κ1) is 21.2. The van der Waals surface area contributed by atoms with E-state index in [9.17, 15) is 9.59 Å². The molecule has 2 heterocycles. The van der Waals surface area contributed by atoms with Crippen molar-refractivity contribution >= 4 is 17.5 Å². The van der Waals surface area contributed by atoms with E-state index < -0.39 is 17.9 Å². The zero-order valence-electron chi connectivity index (χ0n) is 17.8. The van der Waals surface area contributed by atoms with E-state index in [4.69, 9.17) is 19.9 Å². The fourth-order valence-corrected chi connectivity index (χ4v) is 3.46. The van der Waals surface area contributed by atoms with E-state index in [2.05, 4.69) is 15.5 Å². The Labute approximate surface area is 184 Å². The molecule has 1 aliphatic rings. The number of rotatable bonds is 7. The maximum Gasteiger partial charge on any atom is 0.258 e. The molecule has 9 heteroatoms. The molecule has 0 aliphatic carbocycles. The zero-order valence-corrected chi connectivity index (χ0v) is 17.8. The number of carbonyl (C=O) groups excluding carboxylic acids is 2. The number of nitrogens with one attached hydrogen (secondary N) is 2. The second kappa shape index (κ2) is 9.01. The van der Waals surface area contributed by atoms with Crippen molar-refractivity contribution in [1.29, 1.82) is 0 Å². The second-order valence-electron chi connectivity index (χ2n) is 7.54. The van der Waals surface area contributed by atoms with Crippen molar-refractivity contribution in [2.75, 3.05) is 19.0 Å². The molecule has 0 fully saturated rings. The van der Waals surface area contributed by atoms with Crippen LogP contribution >= 0.6 is 0 Å². The van der Waals surface area contributed by atoms with Gasteiger partial charge in [0.1, 0.15) is 23.9 Å². The minimum absolute atomic E-state index is 0.217. The highest BCUT2D eigenvalue weighted by atomic mass is 16.5. The lowest BCUT2D eigenvalue weighted by atomic mass is 9.95. The van der Waals surface area contributed by atoms with Crippen LogP contribution in [-0.2, 0) is 16.0 Å². The van der Waals surface area contributed by atoms with Crippen LogP contribution < -0.4 is 25.3 Å². The van der Waals surface area contributed by atoms with Crippen LogP contribution in [0, 0.1) is 5.92 Å². The molecule has 3 aromatic rings. The van der Waals surface area contributed by atoms with Crippen LogP contribution in [0.5, 0.6) is 17.2 Å². The van der Waals surface area contributed by atoms with Crippen molar-refractivity contribution in [3.8, 4) is 28.4 Å². The monoisotopic (exact) mass is 436 g/mol. The predicted molar refractivity (Wildman–Crippen MR) is 118 cm³/mol. The molecule has 2 aromatic carbocycles. The van der Waals surface area contributed by atoms with Crippen LogP contribution in [0.25, 0.3) is 11.1 Å². The fourth-order valence-electron chi connectivity index (χ4n) is 3.46. The molecule has 4 rings (SSSR count). The van der Waals surface area contributed by atoms with Crippen molar-refractivity contribution in [1.82, 2.24) is 10.2 Å². The summed E-state index contributed by atoms with van der Waals surface area (Å²) in [6.07, 6.45) is 3.04. The van der Waals surface area contributed by atoms with Crippen molar-refractivity contribution in [2.24, 2.45) is 11.7 Å². The summed E-state index contributed by atoms with van der Waals surface area (Å²) in [7, 11) is 1.59. The van der Waals surface area contributed by atoms with E-state index in [0.29, 0.717) is 23.6 Å². The first-order chi connectivity index (χ1) is 15.4. The van der Waals surface area contributed by atoms with E-state index in [-0.39, 0.29) is 12.5 Å². The van der Waals surface area contributed by atoms with Crippen molar-refractivity contribution in [3.63, 3.8) is 0 Å². The predicted octanol–water partition coefficient (Wildman–Crippen LogP) is 2.53. The highest BCUT2D eigenvalue weighted by Crippen LogP contribution is 2.34. The van der Waals surface area contributed by atoms with E-state index in [1.807, 2.05) is 24.3 Å². The molecule has 4 N–H and O–H groups in total. The second-order valence-corrected chi connectivity index (χ2v) is 7.54. The third kappa shape index (κ3) is 4.51. The zero-order chi connectivity index (χ0) is 22.7. The van der Waals surface area contributed by atoms with Gasteiger partial charge in [-0.25, -0.2) is 0 Å². The fraction of sp³-hybridized carbons (Fsp3) is 0.261. The molecular formula is C23H24N4O5. The van der Waals surface area contributed by atoms with Gasteiger partial charge in [0.25, 0.3) is 5.91 Å². The number of H-pyrrole nitrogens is 1. The van der Waals surface area contributed by atoms with Gasteiger partial charge in [0.15, 0.2) is 6.10 Å². The minimum Gasteiger partial charge on any atom is -0.497 e. The van der Waals surface area contributed by atoms with Gasteiger partial charge < -0.3 is 25.3 Å². The highest BCUT2D eigenvalue weighted by Gasteiger charge is 2.27. The Morgan fingerprint density at radius 3 is 2.81 bits per heavy atom. The molecule has 2 atom stereocenters. The standard InChI is InChI=1S/C23H24N4O5/c1-13(22(24)28)32-21-9-14(17-10-25-26-11-17)3-5-19(21)27-23(29)16-7-15-8-18(30-2)4-6-20(15)31-12-16/h3-6,8-11,13,16H,7,12H2,1-2H3,(H2,24,28)(H,25,26)(H,27,29). The Kier molecular flexibility index (Phi) is 5.98. The number of anilines is 1. The van der Waals surface area contributed by atoms with Gasteiger partial charge >= 0.3 is 0 Å². The summed E-state index contributed by atoms with van der Waals surface area (Å²) >= 11 is 0. The number of carbonyl (C=O) groups is 2. The molecule has 0 saturated heterocycles. The van der Waals surface area contributed by atoms with Crippen LogP contribution in [0.3, 0.4) is 0 Å². The Bertz CT molecular complexity index is 1130. The summed E-state index contributed by atoms with van der Waals surface area (Å²) in [5, 5.41) is 9.61. The van der Waals surface area contributed by atoms with Gasteiger partial charge in [0.2, 0.25) is 5.91 Å². The van der Waals surface area contributed by atoms with Gasteiger partial charge in [-0.3, -0.25) is 14.7 Å². The molecule has 0 saturated carbocycles. The number of fused-ring (bicyclic) bond motifs is 1. The number of benzene rings is 2. The van der Waals surface area contributed by atoms with Crippen LogP contribution in [-0.4, -0.2) is 41.8 Å². The molecule has 0 bridgehead atoms. The molecule has 166 valence electrons. The molecule has 2 amide bonds. The number of ether oxygens (including phenoxy) is 3. The SMILES string of the molecule is COc1ccc2c(c1)CC(C(=O)Nc1ccc(-c3cn[nH]c3)cc1OC(C)C(N)=O)CO2. The van der Waals surface area contributed by atoms with Crippen LogP contribution in [0.15, 0.2) is 48.8 Å². The number of aromatic amines is 1. The summed E-state index contributed by atoms with van der Waals surface area (Å²) in [4.78, 5) is 24.6. The minimum atomic E-state index is -0.873. The largest absolute Gasteiger partial charge is 0.497 e. The number of primary amides is 1. The van der Waals surface area contributed by atoms with Gasteiger partial charge in [-0.1, -0.05) is 6.07 Å². The van der Waals surface area contributed by atoms with Gasteiger partial charge in [0, 0.05) is 11.8 Å². The summed E-state index contributed by atoms with van der Waals surface area (Å²) in [6.45, 7) is 1.81. The molecule has 0 radical (unpaired) electrons. The lowest BCUT2D eigenvalue weighted by Crippen LogP contribution is -2.33. The Balaban J connectivity index is 1.55. The topological polar surface area (TPSA) is 129 Å². The molecule has 2 unspecified atom stereocenters. The quantitative estimate of drug-likeness (QED) is 0.522. The van der Waals surface area contributed by atoms with E-state index in [0.717, 1.165) is 22.4 Å². The first-order valence-corrected chi connectivity index (χ1v) is 10.1. The van der Waals surface area contributed by atoms with E-state index in [1.54, 1.807) is 38.6 Å². The van der Waals surface area contributed by atoms with Gasteiger partial charge in [0.05, 0.1) is 24.9 Å². The molecule has 32 heavy (non-hydrogen) atoms. The van der Waals surface area contributed by atoms with E-state index in [1.165, 1.54) is 0 Å². The average molecular weight is 436 g/mol. The Morgan fingerprint density at radius 2 is 2.09 bits per heavy atom. The van der Waals surface area contributed by atoms with Crippen LogP contribution in [0.4, 0.5) is 5.69 Å². The Morgan fingerprint density at radius 1 is 1.25 bits per heavy atom. The Hall–Kier alpha value is -4.01. The average Bonchev–Trinajstić information content (AvgIpc) is 3.34. The number of amides is 2. The van der Waals surface area contributed by atoms with Crippen molar-refractivity contribution < 1.29 is 23.8 Å². The maximum absolute atomic E-state index is 13.0. The third-order valence-electron chi connectivity index (χ3n) is 5.32. The molecule has 9 nitrogen and oxygen atoms in total. The molecule has 1 aromatic heterocycles. The first-order valence-electron chi connectivity index (χ1n) is 10.1. The number of methoxy groups -OCH3 is 1. The van der Waals surface area contributed by atoms with Crippen molar-refractivity contribution in [3.05, 3.63) is 54.4 Å². The maximum atomic E-state index is 13.0. The smallest absolute Gasteiger partial charge is 0.258 e. The normalized spacial score (nSPS) is 15.8. The number of aromatic nitrogens is 2. The highest BCUT2D eigenvalue weighted by molar-refractivity contribution is 5.95. The van der Waals surface area contributed by atoms with Crippen LogP contribution in [0.1, 0.15) is 12.5 Å². The number of hydrogen-bond acceptors (Lipinski definition) is 6. The lowest BCUT2D eigenvalue weighted by Gasteiger charge is -2.25. The summed E-state index contributed by atoms with van der Waals surface area (Å²) in [6, 6.07) is 10.8. The van der Waals surface area contributed by atoms with Crippen molar-refractivity contribution in [2.45, 2.75) is 19.4 Å².